The quantitative estimate of drug-likeness (QED) is 0.356. The number of hydrogen-bond donors (Lipinski definition) is 2. The Morgan fingerprint density at radius 2 is 1.56 bits per heavy atom. The maximum atomic E-state index is 5.47. The van der Waals surface area contributed by atoms with Crippen LogP contribution in [0.4, 0.5) is 23.5 Å². The number of ether oxygens (including phenoxy) is 1. The van der Waals surface area contributed by atoms with Crippen molar-refractivity contribution in [2.24, 2.45) is 5.10 Å². The summed E-state index contributed by atoms with van der Waals surface area (Å²) in [5.74, 6) is 1.41. The summed E-state index contributed by atoms with van der Waals surface area (Å²) >= 11 is 0. The summed E-state index contributed by atoms with van der Waals surface area (Å²) in [4.78, 5) is 15.9. The highest BCUT2D eigenvalue weighted by Crippen LogP contribution is 2.26. The summed E-state index contributed by atoms with van der Waals surface area (Å²) in [6.45, 7) is 2.74. The highest BCUT2D eigenvalue weighted by molar-refractivity contribution is 5.94. The van der Waals surface area contributed by atoms with Crippen LogP contribution in [0.15, 0.2) is 77.9 Å². The van der Waals surface area contributed by atoms with E-state index in [1.54, 1.807) is 6.21 Å². The maximum absolute atomic E-state index is 5.47. The van der Waals surface area contributed by atoms with E-state index in [9.17, 15) is 0 Å². The number of fused-ring (bicyclic) bond motifs is 1. The lowest BCUT2D eigenvalue weighted by molar-refractivity contribution is 0.122. The van der Waals surface area contributed by atoms with Gasteiger partial charge in [0.25, 0.3) is 0 Å². The van der Waals surface area contributed by atoms with Crippen LogP contribution >= 0.6 is 0 Å². The molecule has 2 heterocycles. The number of benzene rings is 3. The zero-order chi connectivity index (χ0) is 21.6. The van der Waals surface area contributed by atoms with Crippen LogP contribution < -0.4 is 15.6 Å². The minimum atomic E-state index is 0.372. The van der Waals surface area contributed by atoms with Gasteiger partial charge in [0.05, 0.1) is 19.4 Å². The second-order valence-electron chi connectivity index (χ2n) is 7.31. The van der Waals surface area contributed by atoms with Gasteiger partial charge in [-0.25, -0.2) is 5.43 Å². The van der Waals surface area contributed by atoms with Crippen LogP contribution in [0.25, 0.3) is 10.8 Å². The molecule has 2 N–H and O–H groups in total. The third-order valence-electron chi connectivity index (χ3n) is 5.13. The van der Waals surface area contributed by atoms with Gasteiger partial charge in [-0.1, -0.05) is 66.7 Å². The number of morpholine rings is 1. The molecule has 1 saturated heterocycles. The molecule has 1 aliphatic rings. The highest BCUT2D eigenvalue weighted by Gasteiger charge is 2.17. The van der Waals surface area contributed by atoms with Crippen LogP contribution in [0.5, 0.6) is 0 Å². The van der Waals surface area contributed by atoms with Crippen LogP contribution in [-0.2, 0) is 4.74 Å². The first-order valence-corrected chi connectivity index (χ1v) is 10.5. The van der Waals surface area contributed by atoms with Crippen molar-refractivity contribution in [3.05, 3.63) is 78.4 Å². The molecule has 0 radical (unpaired) electrons. The Bertz CT molecular complexity index is 1220. The Morgan fingerprint density at radius 3 is 2.44 bits per heavy atom. The molecule has 8 heteroatoms. The van der Waals surface area contributed by atoms with E-state index in [4.69, 9.17) is 4.74 Å². The Balaban J connectivity index is 1.45. The van der Waals surface area contributed by atoms with Gasteiger partial charge >= 0.3 is 0 Å². The average molecular weight is 425 g/mol. The van der Waals surface area contributed by atoms with E-state index in [0.717, 1.165) is 35.1 Å². The van der Waals surface area contributed by atoms with Gasteiger partial charge in [0.1, 0.15) is 0 Å². The second kappa shape index (κ2) is 9.40. The molecule has 1 fully saturated rings. The van der Waals surface area contributed by atoms with Gasteiger partial charge in [-0.05, 0) is 17.0 Å². The molecule has 0 saturated carbocycles. The molecule has 1 aliphatic heterocycles. The van der Waals surface area contributed by atoms with Gasteiger partial charge in [-0.3, -0.25) is 0 Å². The van der Waals surface area contributed by atoms with Crippen molar-refractivity contribution < 1.29 is 4.74 Å². The Morgan fingerprint density at radius 1 is 0.812 bits per heavy atom. The van der Waals surface area contributed by atoms with Crippen LogP contribution in [0, 0.1) is 0 Å². The molecule has 0 amide bonds. The first-order valence-electron chi connectivity index (χ1n) is 10.5. The van der Waals surface area contributed by atoms with Gasteiger partial charge in [-0.2, -0.15) is 20.1 Å². The third-order valence-corrected chi connectivity index (χ3v) is 5.13. The largest absolute Gasteiger partial charge is 0.378 e. The molecule has 0 atom stereocenters. The van der Waals surface area contributed by atoms with Gasteiger partial charge in [0.15, 0.2) is 0 Å². The number of rotatable bonds is 6. The molecule has 0 unspecified atom stereocenters. The molecule has 3 aromatic carbocycles. The monoisotopic (exact) mass is 425 g/mol. The smallest absolute Gasteiger partial charge is 0.250 e. The normalized spacial score (nSPS) is 14.1. The van der Waals surface area contributed by atoms with E-state index < -0.39 is 0 Å². The number of hydrazone groups is 1. The molecular weight excluding hydrogens is 402 g/mol. The van der Waals surface area contributed by atoms with Crippen molar-refractivity contribution in [3.8, 4) is 0 Å². The van der Waals surface area contributed by atoms with Crippen molar-refractivity contribution >= 4 is 40.5 Å². The summed E-state index contributed by atoms with van der Waals surface area (Å²) in [5.41, 5.74) is 4.86. The summed E-state index contributed by atoms with van der Waals surface area (Å²) in [5, 5.41) is 9.90. The van der Waals surface area contributed by atoms with E-state index >= 15 is 0 Å². The minimum absolute atomic E-state index is 0.372. The molecule has 160 valence electrons. The first kappa shape index (κ1) is 19.9. The lowest BCUT2D eigenvalue weighted by atomic mass is 10.1. The number of nitrogens with zero attached hydrogens (tertiary/aromatic N) is 5. The average Bonchev–Trinajstić information content (AvgIpc) is 2.85. The molecule has 4 aromatic rings. The van der Waals surface area contributed by atoms with Gasteiger partial charge in [0, 0.05) is 24.2 Å². The zero-order valence-corrected chi connectivity index (χ0v) is 17.5. The van der Waals surface area contributed by atoms with E-state index in [0.29, 0.717) is 31.1 Å². The zero-order valence-electron chi connectivity index (χ0n) is 17.5. The number of anilines is 4. The van der Waals surface area contributed by atoms with Gasteiger partial charge in [-0.15, -0.1) is 0 Å². The lowest BCUT2D eigenvalue weighted by Gasteiger charge is -2.27. The van der Waals surface area contributed by atoms with Crippen molar-refractivity contribution in [2.45, 2.75) is 0 Å². The molecule has 8 nitrogen and oxygen atoms in total. The number of nitrogens with one attached hydrogen (secondary N) is 2. The molecular formula is C24H23N7O. The van der Waals surface area contributed by atoms with Crippen molar-refractivity contribution in [1.82, 2.24) is 15.0 Å². The Hall–Kier alpha value is -4.04. The summed E-state index contributed by atoms with van der Waals surface area (Å²) in [6, 6.07) is 24.2. The van der Waals surface area contributed by atoms with Crippen LogP contribution in [0.2, 0.25) is 0 Å². The molecule has 5 rings (SSSR count). The lowest BCUT2D eigenvalue weighted by Crippen LogP contribution is -2.37. The molecule has 32 heavy (non-hydrogen) atoms. The SMILES string of the molecule is C(=N/Nc1nc(Nc2cccc3ccccc23)nc(N2CCOCC2)n1)/c1ccccc1. The summed E-state index contributed by atoms with van der Waals surface area (Å²) < 4.78 is 5.47. The third kappa shape index (κ3) is 4.65. The van der Waals surface area contributed by atoms with E-state index in [-0.39, 0.29) is 0 Å². The minimum Gasteiger partial charge on any atom is -0.378 e. The topological polar surface area (TPSA) is 87.6 Å². The highest BCUT2D eigenvalue weighted by atomic mass is 16.5. The van der Waals surface area contributed by atoms with Gasteiger partial charge < -0.3 is 15.0 Å². The van der Waals surface area contributed by atoms with Crippen LogP contribution in [0.3, 0.4) is 0 Å². The molecule has 0 bridgehead atoms. The molecule has 0 spiro atoms. The fourth-order valence-corrected chi connectivity index (χ4v) is 3.53. The second-order valence-corrected chi connectivity index (χ2v) is 7.31. The summed E-state index contributed by atoms with van der Waals surface area (Å²) in [6.07, 6.45) is 1.73. The predicted octanol–water partition coefficient (Wildman–Crippen LogP) is 4.05. The van der Waals surface area contributed by atoms with Crippen molar-refractivity contribution in [3.63, 3.8) is 0 Å². The Labute approximate surface area is 186 Å². The number of aromatic nitrogens is 3. The van der Waals surface area contributed by atoms with Crippen molar-refractivity contribution in [2.75, 3.05) is 41.9 Å². The predicted molar refractivity (Wildman–Crippen MR) is 128 cm³/mol. The first-order chi connectivity index (χ1) is 15.8. The maximum Gasteiger partial charge on any atom is 0.250 e. The standard InChI is InChI=1S/C24H23N7O/c1-2-7-18(8-3-1)17-25-30-23-27-22(28-24(29-23)31-13-15-32-16-14-31)26-21-12-6-10-19-9-4-5-11-20(19)21/h1-12,17H,13-16H2,(H2,26,27,28,29,30)/b25-17-. The fourth-order valence-electron chi connectivity index (χ4n) is 3.53. The fraction of sp³-hybridized carbons (Fsp3) is 0.167. The van der Waals surface area contributed by atoms with Crippen molar-refractivity contribution in [1.29, 1.82) is 0 Å². The summed E-state index contributed by atoms with van der Waals surface area (Å²) in [7, 11) is 0. The van der Waals surface area contributed by atoms with E-state index in [1.807, 2.05) is 54.6 Å². The number of hydrogen-bond acceptors (Lipinski definition) is 8. The van der Waals surface area contributed by atoms with Crippen LogP contribution in [0.1, 0.15) is 5.56 Å². The van der Waals surface area contributed by atoms with Gasteiger partial charge in [0.2, 0.25) is 17.8 Å². The molecule has 0 aliphatic carbocycles. The van der Waals surface area contributed by atoms with Crippen LogP contribution in [-0.4, -0.2) is 47.5 Å². The Kier molecular flexibility index (Phi) is 5.85. The van der Waals surface area contributed by atoms with E-state index in [1.165, 1.54) is 0 Å². The van der Waals surface area contributed by atoms with E-state index in [2.05, 4.69) is 53.9 Å². The molecule has 1 aromatic heterocycles.